The summed E-state index contributed by atoms with van der Waals surface area (Å²) in [5.74, 6) is 5.24. The number of hydrogen-bond donors (Lipinski definition) is 2. The predicted octanol–water partition coefficient (Wildman–Crippen LogP) is 2.38. The maximum absolute atomic E-state index is 12.0. The van der Waals surface area contributed by atoms with Crippen LogP contribution in [0.3, 0.4) is 0 Å². The number of hydrogen-bond acceptors (Lipinski definition) is 4. The van der Waals surface area contributed by atoms with E-state index >= 15 is 0 Å². The smallest absolute Gasteiger partial charge is 0.406 e. The maximum atomic E-state index is 12.0. The van der Waals surface area contributed by atoms with Crippen molar-refractivity contribution < 1.29 is 22.6 Å². The Morgan fingerprint density at radius 1 is 1.25 bits per heavy atom. The minimum atomic E-state index is -4.67. The average molecular weight is 292 g/mol. The highest BCUT2D eigenvalue weighted by atomic mass is 19.4. The predicted molar refractivity (Wildman–Crippen MR) is 69.0 cm³/mol. The van der Waals surface area contributed by atoms with Crippen LogP contribution in [0, 0.1) is 0 Å². The lowest BCUT2D eigenvalue weighted by Gasteiger charge is -2.24. The van der Waals surface area contributed by atoms with Gasteiger partial charge in [-0.3, -0.25) is 11.3 Å². The molecule has 0 spiro atoms. The molecule has 2 unspecified atom stereocenters. The van der Waals surface area contributed by atoms with Crippen LogP contribution in [-0.4, -0.2) is 25.6 Å². The van der Waals surface area contributed by atoms with Crippen molar-refractivity contribution >= 4 is 0 Å². The van der Waals surface area contributed by atoms with Crippen molar-refractivity contribution in [1.29, 1.82) is 0 Å². The zero-order valence-corrected chi connectivity index (χ0v) is 11.4. The van der Waals surface area contributed by atoms with Gasteiger partial charge in [0.1, 0.15) is 5.75 Å². The van der Waals surface area contributed by atoms with Crippen LogP contribution < -0.4 is 16.0 Å². The zero-order chi connectivity index (χ0) is 15.2. The van der Waals surface area contributed by atoms with E-state index < -0.39 is 6.36 Å². The third-order valence-electron chi connectivity index (χ3n) is 2.98. The Hall–Kier alpha value is -1.31. The summed E-state index contributed by atoms with van der Waals surface area (Å²) >= 11 is 0. The molecule has 0 heterocycles. The number of halogens is 3. The first-order valence-electron chi connectivity index (χ1n) is 6.23. The van der Waals surface area contributed by atoms with Crippen LogP contribution in [0.4, 0.5) is 13.2 Å². The van der Waals surface area contributed by atoms with Gasteiger partial charge in [0.2, 0.25) is 0 Å². The average Bonchev–Trinajstić information content (AvgIpc) is 2.39. The number of methoxy groups -OCH3 is 1. The molecule has 20 heavy (non-hydrogen) atoms. The van der Waals surface area contributed by atoms with Gasteiger partial charge >= 0.3 is 6.36 Å². The Morgan fingerprint density at radius 3 is 2.25 bits per heavy atom. The van der Waals surface area contributed by atoms with Crippen molar-refractivity contribution in [2.45, 2.75) is 38.3 Å². The van der Waals surface area contributed by atoms with Gasteiger partial charge < -0.3 is 9.47 Å². The number of rotatable bonds is 7. The van der Waals surface area contributed by atoms with E-state index in [9.17, 15) is 13.2 Å². The van der Waals surface area contributed by atoms with E-state index in [2.05, 4.69) is 10.2 Å². The molecule has 0 radical (unpaired) electrons. The molecule has 4 nitrogen and oxygen atoms in total. The van der Waals surface area contributed by atoms with E-state index in [1.54, 1.807) is 19.2 Å². The molecule has 7 heteroatoms. The molecule has 0 fully saturated rings. The van der Waals surface area contributed by atoms with Crippen molar-refractivity contribution in [3.63, 3.8) is 0 Å². The van der Waals surface area contributed by atoms with Crippen LogP contribution in [0.5, 0.6) is 5.75 Å². The van der Waals surface area contributed by atoms with Crippen molar-refractivity contribution in [3.8, 4) is 5.75 Å². The summed E-state index contributed by atoms with van der Waals surface area (Å²) in [5.41, 5.74) is 3.51. The fourth-order valence-electron chi connectivity index (χ4n) is 1.99. The van der Waals surface area contributed by atoms with E-state index in [1.807, 2.05) is 6.92 Å². The van der Waals surface area contributed by atoms with Crippen LogP contribution in [-0.2, 0) is 11.2 Å². The Balaban J connectivity index is 2.68. The Labute approximate surface area is 116 Å². The fraction of sp³-hybridized carbons (Fsp3) is 0.538. The second-order valence-corrected chi connectivity index (χ2v) is 4.35. The van der Waals surface area contributed by atoms with Gasteiger partial charge in [-0.15, -0.1) is 13.2 Å². The molecule has 0 saturated heterocycles. The quantitative estimate of drug-likeness (QED) is 0.598. The SMILES string of the molecule is CCC(OC)C(Cc1ccc(OC(F)(F)F)cc1)NN. The van der Waals surface area contributed by atoms with Crippen LogP contribution in [0.1, 0.15) is 18.9 Å². The van der Waals surface area contributed by atoms with Gasteiger partial charge in [-0.2, -0.15) is 0 Å². The third kappa shape index (κ3) is 5.36. The molecule has 114 valence electrons. The molecular formula is C13H19F3N2O2. The summed E-state index contributed by atoms with van der Waals surface area (Å²) in [5, 5.41) is 0. The van der Waals surface area contributed by atoms with Gasteiger partial charge in [0, 0.05) is 7.11 Å². The van der Waals surface area contributed by atoms with Gasteiger partial charge in [-0.1, -0.05) is 19.1 Å². The molecule has 2 atom stereocenters. The van der Waals surface area contributed by atoms with E-state index in [4.69, 9.17) is 10.6 Å². The Kier molecular flexibility index (Phi) is 6.25. The fourth-order valence-corrected chi connectivity index (χ4v) is 1.99. The summed E-state index contributed by atoms with van der Waals surface area (Å²) < 4.78 is 45.2. The first-order chi connectivity index (χ1) is 9.39. The third-order valence-corrected chi connectivity index (χ3v) is 2.98. The Bertz CT molecular complexity index is 392. The number of hydrazine groups is 1. The van der Waals surface area contributed by atoms with Crippen molar-refractivity contribution in [2.75, 3.05) is 7.11 Å². The summed E-state index contributed by atoms with van der Waals surface area (Å²) in [6, 6.07) is 5.61. The molecule has 1 aromatic rings. The van der Waals surface area contributed by atoms with Gasteiger partial charge in [0.15, 0.2) is 0 Å². The second kappa shape index (κ2) is 7.47. The molecular weight excluding hydrogens is 273 g/mol. The lowest BCUT2D eigenvalue weighted by molar-refractivity contribution is -0.274. The number of ether oxygens (including phenoxy) is 2. The van der Waals surface area contributed by atoms with Crippen molar-refractivity contribution in [1.82, 2.24) is 5.43 Å². The molecule has 0 saturated carbocycles. The highest BCUT2D eigenvalue weighted by molar-refractivity contribution is 5.28. The first-order valence-corrected chi connectivity index (χ1v) is 6.23. The molecule has 0 aromatic heterocycles. The topological polar surface area (TPSA) is 56.5 Å². The summed E-state index contributed by atoms with van der Waals surface area (Å²) in [7, 11) is 1.60. The van der Waals surface area contributed by atoms with Crippen LogP contribution in [0.25, 0.3) is 0 Å². The Morgan fingerprint density at radius 2 is 1.85 bits per heavy atom. The lowest BCUT2D eigenvalue weighted by Crippen LogP contribution is -2.46. The van der Waals surface area contributed by atoms with E-state index in [0.717, 1.165) is 12.0 Å². The summed E-state index contributed by atoms with van der Waals surface area (Å²) in [6.07, 6.45) is -3.41. The van der Waals surface area contributed by atoms with Crippen LogP contribution in [0.15, 0.2) is 24.3 Å². The minimum Gasteiger partial charge on any atom is -0.406 e. The highest BCUT2D eigenvalue weighted by Gasteiger charge is 2.31. The lowest BCUT2D eigenvalue weighted by atomic mass is 10.00. The van der Waals surface area contributed by atoms with E-state index in [1.165, 1.54) is 12.1 Å². The van der Waals surface area contributed by atoms with Crippen LogP contribution >= 0.6 is 0 Å². The molecule has 0 aliphatic carbocycles. The zero-order valence-electron chi connectivity index (χ0n) is 11.4. The molecule has 1 rings (SSSR count). The monoisotopic (exact) mass is 292 g/mol. The largest absolute Gasteiger partial charge is 0.573 e. The number of nitrogens with two attached hydrogens (primary N) is 1. The molecule has 0 bridgehead atoms. The number of benzene rings is 1. The van der Waals surface area contributed by atoms with Crippen molar-refractivity contribution in [3.05, 3.63) is 29.8 Å². The molecule has 1 aromatic carbocycles. The summed E-state index contributed by atoms with van der Waals surface area (Å²) in [6.45, 7) is 1.97. The molecule has 0 amide bonds. The maximum Gasteiger partial charge on any atom is 0.573 e. The second-order valence-electron chi connectivity index (χ2n) is 4.35. The van der Waals surface area contributed by atoms with Gasteiger partial charge in [0.05, 0.1) is 12.1 Å². The molecule has 3 N–H and O–H groups in total. The first kappa shape index (κ1) is 16.7. The highest BCUT2D eigenvalue weighted by Crippen LogP contribution is 2.23. The summed E-state index contributed by atoms with van der Waals surface area (Å²) in [4.78, 5) is 0. The van der Waals surface area contributed by atoms with Gasteiger partial charge in [0.25, 0.3) is 0 Å². The number of alkyl halides is 3. The minimum absolute atomic E-state index is 0.0638. The standard InChI is InChI=1S/C13H19F3N2O2/c1-3-12(19-2)11(18-17)8-9-4-6-10(7-5-9)20-13(14,15)16/h4-7,11-12,18H,3,8,17H2,1-2H3. The van der Waals surface area contributed by atoms with Gasteiger partial charge in [-0.05, 0) is 30.5 Å². The normalized spacial score (nSPS) is 14.9. The van der Waals surface area contributed by atoms with E-state index in [0.29, 0.717) is 6.42 Å². The number of nitrogens with one attached hydrogen (secondary N) is 1. The van der Waals surface area contributed by atoms with Crippen molar-refractivity contribution in [2.24, 2.45) is 5.84 Å². The van der Waals surface area contributed by atoms with Gasteiger partial charge in [-0.25, -0.2) is 0 Å². The van der Waals surface area contributed by atoms with Crippen LogP contribution in [0.2, 0.25) is 0 Å². The van der Waals surface area contributed by atoms with E-state index in [-0.39, 0.29) is 17.9 Å². The molecule has 0 aliphatic heterocycles. The molecule has 0 aliphatic rings.